The molecule has 4 heteroatoms. The molecule has 2 unspecified atom stereocenters. The van der Waals surface area contributed by atoms with Gasteiger partial charge in [0.2, 0.25) is 0 Å². The predicted molar refractivity (Wildman–Crippen MR) is 70.6 cm³/mol. The van der Waals surface area contributed by atoms with E-state index < -0.39 is 0 Å². The number of ether oxygens (including phenoxy) is 1. The van der Waals surface area contributed by atoms with Gasteiger partial charge in [0.25, 0.3) is 0 Å². The van der Waals surface area contributed by atoms with Crippen LogP contribution < -0.4 is 5.73 Å². The topological polar surface area (TPSA) is 62.3 Å². The van der Waals surface area contributed by atoms with Gasteiger partial charge in [-0.25, -0.2) is 0 Å². The molecule has 2 aliphatic heterocycles. The van der Waals surface area contributed by atoms with Crippen LogP contribution in [0.3, 0.4) is 0 Å². The fraction of sp³-hybridized carbons (Fsp3) is 0.500. The van der Waals surface area contributed by atoms with Gasteiger partial charge in [-0.05, 0) is 18.4 Å². The van der Waals surface area contributed by atoms with Gasteiger partial charge in [0.15, 0.2) is 0 Å². The van der Waals surface area contributed by atoms with Crippen LogP contribution in [0.15, 0.2) is 24.3 Å². The Hall–Kier alpha value is -1.39. The van der Waals surface area contributed by atoms with Gasteiger partial charge in [0, 0.05) is 25.2 Å². The summed E-state index contributed by atoms with van der Waals surface area (Å²) in [5.74, 6) is 0.154. The van der Waals surface area contributed by atoms with Crippen molar-refractivity contribution in [1.29, 1.82) is 5.41 Å². The van der Waals surface area contributed by atoms with Crippen LogP contribution in [-0.4, -0.2) is 36.0 Å². The maximum atomic E-state index is 7.62. The van der Waals surface area contributed by atoms with Gasteiger partial charge in [-0.3, -0.25) is 10.3 Å². The van der Waals surface area contributed by atoms with Crippen molar-refractivity contribution >= 4 is 5.84 Å². The summed E-state index contributed by atoms with van der Waals surface area (Å²) in [6.45, 7) is 2.87. The molecule has 96 valence electrons. The normalized spacial score (nSPS) is 27.3. The van der Waals surface area contributed by atoms with Gasteiger partial charge in [0.05, 0.1) is 12.2 Å². The van der Waals surface area contributed by atoms with E-state index in [0.717, 1.165) is 30.8 Å². The van der Waals surface area contributed by atoms with Crippen LogP contribution in [0.25, 0.3) is 0 Å². The highest BCUT2D eigenvalue weighted by Crippen LogP contribution is 2.27. The first-order chi connectivity index (χ1) is 8.72. The molecule has 18 heavy (non-hydrogen) atoms. The van der Waals surface area contributed by atoms with Crippen molar-refractivity contribution in [3.63, 3.8) is 0 Å². The monoisotopic (exact) mass is 245 g/mol. The molecule has 1 aromatic rings. The maximum absolute atomic E-state index is 7.62. The molecule has 2 saturated heterocycles. The van der Waals surface area contributed by atoms with Crippen molar-refractivity contribution in [1.82, 2.24) is 4.90 Å². The lowest BCUT2D eigenvalue weighted by Gasteiger charge is -2.32. The van der Waals surface area contributed by atoms with Crippen LogP contribution in [0.2, 0.25) is 0 Å². The Balaban J connectivity index is 1.75. The van der Waals surface area contributed by atoms with E-state index in [4.69, 9.17) is 15.9 Å². The molecule has 2 aliphatic rings. The van der Waals surface area contributed by atoms with Crippen LogP contribution in [0, 0.1) is 5.41 Å². The smallest absolute Gasteiger partial charge is 0.123 e. The van der Waals surface area contributed by atoms with E-state index in [1.807, 2.05) is 18.2 Å². The SMILES string of the molecule is N=C(N)c1ccccc1CN1CC2CCC(C1)O2. The maximum Gasteiger partial charge on any atom is 0.123 e. The number of fused-ring (bicyclic) bond motifs is 2. The van der Waals surface area contributed by atoms with E-state index in [1.165, 1.54) is 12.8 Å². The molecule has 0 amide bonds. The van der Waals surface area contributed by atoms with Crippen LogP contribution in [0.5, 0.6) is 0 Å². The third-order valence-electron chi connectivity index (χ3n) is 3.82. The molecular formula is C14H19N3O. The Labute approximate surface area is 107 Å². The molecule has 2 atom stereocenters. The number of morpholine rings is 1. The molecule has 3 N–H and O–H groups in total. The van der Waals surface area contributed by atoms with Gasteiger partial charge in [0.1, 0.15) is 5.84 Å². The number of nitrogens with one attached hydrogen (secondary N) is 1. The van der Waals surface area contributed by atoms with E-state index in [0.29, 0.717) is 12.2 Å². The number of nitrogens with zero attached hydrogens (tertiary/aromatic N) is 1. The number of hydrogen-bond donors (Lipinski definition) is 2. The molecule has 0 radical (unpaired) electrons. The first-order valence-electron chi connectivity index (χ1n) is 6.52. The third kappa shape index (κ3) is 2.26. The van der Waals surface area contributed by atoms with Crippen molar-refractivity contribution < 1.29 is 4.74 Å². The number of rotatable bonds is 3. The molecule has 0 saturated carbocycles. The lowest BCUT2D eigenvalue weighted by molar-refractivity contribution is -0.0410. The lowest BCUT2D eigenvalue weighted by atomic mass is 10.1. The Morgan fingerprint density at radius 2 is 1.94 bits per heavy atom. The molecule has 2 bridgehead atoms. The summed E-state index contributed by atoms with van der Waals surface area (Å²) in [6, 6.07) is 7.93. The van der Waals surface area contributed by atoms with E-state index in [2.05, 4.69) is 11.0 Å². The zero-order valence-electron chi connectivity index (χ0n) is 10.4. The van der Waals surface area contributed by atoms with Crippen LogP contribution >= 0.6 is 0 Å². The summed E-state index contributed by atoms with van der Waals surface area (Å²) in [5.41, 5.74) is 7.63. The highest BCUT2D eigenvalue weighted by atomic mass is 16.5. The molecule has 0 aliphatic carbocycles. The van der Waals surface area contributed by atoms with Gasteiger partial charge in [-0.2, -0.15) is 0 Å². The zero-order valence-corrected chi connectivity index (χ0v) is 10.4. The first-order valence-corrected chi connectivity index (χ1v) is 6.52. The standard InChI is InChI=1S/C14H19N3O/c15-14(16)13-4-2-1-3-10(13)7-17-8-11-5-6-12(9-17)18-11/h1-4,11-12H,5-9H2,(H3,15,16). The molecule has 2 heterocycles. The Kier molecular flexibility index (Phi) is 3.06. The molecular weight excluding hydrogens is 226 g/mol. The molecule has 0 spiro atoms. The Morgan fingerprint density at radius 1 is 1.28 bits per heavy atom. The second kappa shape index (κ2) is 4.71. The fourth-order valence-electron chi connectivity index (χ4n) is 2.99. The van der Waals surface area contributed by atoms with Gasteiger partial charge in [-0.1, -0.05) is 24.3 Å². The quantitative estimate of drug-likeness (QED) is 0.624. The molecule has 0 aromatic heterocycles. The number of hydrogen-bond acceptors (Lipinski definition) is 3. The minimum atomic E-state index is 0.154. The number of likely N-dealkylation sites (tertiary alicyclic amines) is 1. The Bertz CT molecular complexity index is 448. The second-order valence-electron chi connectivity index (χ2n) is 5.22. The third-order valence-corrected chi connectivity index (χ3v) is 3.82. The van der Waals surface area contributed by atoms with Crippen LogP contribution in [-0.2, 0) is 11.3 Å². The van der Waals surface area contributed by atoms with Crippen molar-refractivity contribution in [3.05, 3.63) is 35.4 Å². The molecule has 1 aromatic carbocycles. The number of nitrogen functional groups attached to an aromatic ring is 1. The summed E-state index contributed by atoms with van der Waals surface area (Å²) in [7, 11) is 0. The predicted octanol–water partition coefficient (Wildman–Crippen LogP) is 1.33. The molecule has 4 nitrogen and oxygen atoms in total. The summed E-state index contributed by atoms with van der Waals surface area (Å²) >= 11 is 0. The number of nitrogens with two attached hydrogens (primary N) is 1. The highest BCUT2D eigenvalue weighted by Gasteiger charge is 2.33. The summed E-state index contributed by atoms with van der Waals surface area (Å²) in [6.07, 6.45) is 3.20. The van der Waals surface area contributed by atoms with E-state index in [1.54, 1.807) is 0 Å². The van der Waals surface area contributed by atoms with E-state index in [9.17, 15) is 0 Å². The summed E-state index contributed by atoms with van der Waals surface area (Å²) < 4.78 is 5.83. The summed E-state index contributed by atoms with van der Waals surface area (Å²) in [5, 5.41) is 7.62. The van der Waals surface area contributed by atoms with E-state index >= 15 is 0 Å². The number of benzene rings is 1. The fourth-order valence-corrected chi connectivity index (χ4v) is 2.99. The van der Waals surface area contributed by atoms with Crippen molar-refractivity contribution in [3.8, 4) is 0 Å². The first kappa shape index (κ1) is 11.7. The van der Waals surface area contributed by atoms with Crippen molar-refractivity contribution in [2.45, 2.75) is 31.6 Å². The lowest BCUT2D eigenvalue weighted by Crippen LogP contribution is -2.42. The van der Waals surface area contributed by atoms with Gasteiger partial charge >= 0.3 is 0 Å². The minimum absolute atomic E-state index is 0.154. The largest absolute Gasteiger partial charge is 0.384 e. The van der Waals surface area contributed by atoms with Crippen LogP contribution in [0.4, 0.5) is 0 Å². The minimum Gasteiger partial charge on any atom is -0.384 e. The van der Waals surface area contributed by atoms with E-state index in [-0.39, 0.29) is 5.84 Å². The van der Waals surface area contributed by atoms with Crippen molar-refractivity contribution in [2.24, 2.45) is 5.73 Å². The van der Waals surface area contributed by atoms with Crippen LogP contribution in [0.1, 0.15) is 24.0 Å². The second-order valence-corrected chi connectivity index (χ2v) is 5.22. The highest BCUT2D eigenvalue weighted by molar-refractivity contribution is 5.96. The average molecular weight is 245 g/mol. The number of amidine groups is 1. The van der Waals surface area contributed by atoms with Gasteiger partial charge in [-0.15, -0.1) is 0 Å². The summed E-state index contributed by atoms with van der Waals surface area (Å²) in [4.78, 5) is 2.42. The van der Waals surface area contributed by atoms with Gasteiger partial charge < -0.3 is 10.5 Å². The molecule has 2 fully saturated rings. The molecule has 3 rings (SSSR count). The Morgan fingerprint density at radius 3 is 2.61 bits per heavy atom. The average Bonchev–Trinajstić information content (AvgIpc) is 2.69. The van der Waals surface area contributed by atoms with Crippen molar-refractivity contribution in [2.75, 3.05) is 13.1 Å². The zero-order chi connectivity index (χ0) is 12.5.